The summed E-state index contributed by atoms with van der Waals surface area (Å²) in [6.07, 6.45) is 1.64. The molecule has 0 saturated heterocycles. The molecule has 0 aliphatic rings. The fourth-order valence-corrected chi connectivity index (χ4v) is 4.54. The number of rotatable bonds is 8. The standard InChI is InChI=1S/C23H33NO2Si/c1-17(11-9-12-18(2)27(4,5)6)24(23(25)26)19(3)21-16-10-14-20-13-7-8-15-22(20)21/h7-8,10,13-17,19H,2,9,11-12H2,1,3-6H3,(H,25,26)/p-1. The van der Waals surface area contributed by atoms with Crippen molar-refractivity contribution in [2.45, 2.75) is 64.8 Å². The van der Waals surface area contributed by atoms with Crippen LogP contribution in [0.15, 0.2) is 54.2 Å². The number of hydrogen-bond donors (Lipinski definition) is 0. The SMILES string of the molecule is C=C(CCCC(C)N(C(=O)[O-])C(C)c1cccc2ccccc12)[Si](C)(C)C. The van der Waals surface area contributed by atoms with E-state index >= 15 is 0 Å². The Labute approximate surface area is 164 Å². The van der Waals surface area contributed by atoms with E-state index in [1.807, 2.05) is 38.1 Å². The van der Waals surface area contributed by atoms with Gasteiger partial charge in [-0.15, -0.1) is 6.58 Å². The summed E-state index contributed by atoms with van der Waals surface area (Å²) in [6.45, 7) is 15.1. The van der Waals surface area contributed by atoms with Crippen molar-refractivity contribution in [2.75, 3.05) is 0 Å². The molecule has 0 aliphatic carbocycles. The maximum atomic E-state index is 12.0. The van der Waals surface area contributed by atoms with Crippen LogP contribution >= 0.6 is 0 Å². The molecule has 2 aromatic carbocycles. The van der Waals surface area contributed by atoms with Crippen molar-refractivity contribution in [3.8, 4) is 0 Å². The average Bonchev–Trinajstić information content (AvgIpc) is 2.60. The van der Waals surface area contributed by atoms with Crippen LogP contribution < -0.4 is 5.11 Å². The fourth-order valence-electron chi connectivity index (χ4n) is 3.61. The van der Waals surface area contributed by atoms with Gasteiger partial charge < -0.3 is 14.8 Å². The van der Waals surface area contributed by atoms with E-state index < -0.39 is 14.2 Å². The van der Waals surface area contributed by atoms with Gasteiger partial charge in [0.05, 0.1) is 14.1 Å². The van der Waals surface area contributed by atoms with E-state index in [2.05, 4.69) is 44.4 Å². The van der Waals surface area contributed by atoms with Crippen molar-refractivity contribution in [3.05, 3.63) is 59.8 Å². The normalized spacial score (nSPS) is 14.0. The summed E-state index contributed by atoms with van der Waals surface area (Å²) in [7, 11) is -1.32. The van der Waals surface area contributed by atoms with E-state index in [1.165, 1.54) is 10.1 Å². The number of allylic oxidation sites excluding steroid dienone is 1. The molecule has 4 heteroatoms. The summed E-state index contributed by atoms with van der Waals surface area (Å²) in [4.78, 5) is 13.5. The maximum Gasteiger partial charge on any atom is 0.137 e. The van der Waals surface area contributed by atoms with Gasteiger partial charge in [-0.3, -0.25) is 0 Å². The highest BCUT2D eigenvalue weighted by atomic mass is 28.3. The smallest absolute Gasteiger partial charge is 0.137 e. The lowest BCUT2D eigenvalue weighted by molar-refractivity contribution is -0.270. The Morgan fingerprint density at radius 1 is 1.11 bits per heavy atom. The van der Waals surface area contributed by atoms with Crippen molar-refractivity contribution in [1.29, 1.82) is 0 Å². The van der Waals surface area contributed by atoms with Gasteiger partial charge in [-0.2, -0.15) is 0 Å². The Kier molecular flexibility index (Phi) is 6.87. The van der Waals surface area contributed by atoms with Crippen molar-refractivity contribution in [1.82, 2.24) is 4.90 Å². The lowest BCUT2D eigenvalue weighted by Gasteiger charge is -2.38. The summed E-state index contributed by atoms with van der Waals surface area (Å²) in [6, 6.07) is 13.8. The van der Waals surface area contributed by atoms with Crippen LogP contribution in [0.4, 0.5) is 4.79 Å². The van der Waals surface area contributed by atoms with E-state index in [0.29, 0.717) is 0 Å². The Bertz CT molecular complexity index is 804. The molecule has 0 aromatic heterocycles. The molecule has 2 atom stereocenters. The van der Waals surface area contributed by atoms with E-state index in [4.69, 9.17) is 0 Å². The Morgan fingerprint density at radius 2 is 1.74 bits per heavy atom. The first kappa shape index (κ1) is 21.2. The monoisotopic (exact) mass is 382 g/mol. The van der Waals surface area contributed by atoms with E-state index in [9.17, 15) is 9.90 Å². The Morgan fingerprint density at radius 3 is 2.37 bits per heavy atom. The lowest BCUT2D eigenvalue weighted by atomic mass is 9.97. The third kappa shape index (κ3) is 5.22. The van der Waals surface area contributed by atoms with E-state index in [0.717, 1.165) is 35.6 Å². The molecular weight excluding hydrogens is 350 g/mol. The topological polar surface area (TPSA) is 43.4 Å². The third-order valence-corrected chi connectivity index (χ3v) is 7.91. The van der Waals surface area contributed by atoms with Crippen LogP contribution in [0.3, 0.4) is 0 Å². The summed E-state index contributed by atoms with van der Waals surface area (Å²) in [5.74, 6) is 0. The first-order valence-electron chi connectivity index (χ1n) is 9.78. The van der Waals surface area contributed by atoms with Crippen LogP contribution in [-0.4, -0.2) is 25.1 Å². The number of carbonyl (C=O) groups excluding carboxylic acids is 1. The molecule has 0 aliphatic heterocycles. The molecule has 2 unspecified atom stereocenters. The van der Waals surface area contributed by atoms with Gasteiger partial charge in [0.1, 0.15) is 6.09 Å². The molecule has 0 bridgehead atoms. The number of benzene rings is 2. The lowest BCUT2D eigenvalue weighted by Crippen LogP contribution is -2.47. The Balaban J connectivity index is 2.16. The zero-order chi connectivity index (χ0) is 20.2. The number of nitrogens with zero attached hydrogens (tertiary/aromatic N) is 1. The van der Waals surface area contributed by atoms with Crippen LogP contribution in [0.1, 0.15) is 44.7 Å². The molecule has 1 amide bonds. The van der Waals surface area contributed by atoms with Crippen LogP contribution in [0.5, 0.6) is 0 Å². The molecule has 0 heterocycles. The molecule has 2 aromatic rings. The van der Waals surface area contributed by atoms with Crippen LogP contribution in [0, 0.1) is 0 Å². The van der Waals surface area contributed by atoms with Crippen LogP contribution in [0.25, 0.3) is 10.8 Å². The minimum absolute atomic E-state index is 0.0987. The summed E-state index contributed by atoms with van der Waals surface area (Å²) in [5.41, 5.74) is 1.02. The number of carbonyl (C=O) groups is 1. The van der Waals surface area contributed by atoms with Crippen molar-refractivity contribution >= 4 is 24.9 Å². The average molecular weight is 383 g/mol. The highest BCUT2D eigenvalue weighted by Crippen LogP contribution is 2.30. The largest absolute Gasteiger partial charge is 0.530 e. The minimum atomic E-state index is -1.32. The summed E-state index contributed by atoms with van der Waals surface area (Å²) < 4.78 is 0. The highest BCUT2D eigenvalue weighted by molar-refractivity contribution is 6.82. The zero-order valence-corrected chi connectivity index (χ0v) is 18.3. The van der Waals surface area contributed by atoms with Crippen LogP contribution in [-0.2, 0) is 0 Å². The first-order chi connectivity index (χ1) is 12.6. The number of hydrogen-bond acceptors (Lipinski definition) is 2. The van der Waals surface area contributed by atoms with Gasteiger partial charge in [-0.1, -0.05) is 67.3 Å². The fraction of sp³-hybridized carbons (Fsp3) is 0.435. The molecule has 0 saturated carbocycles. The van der Waals surface area contributed by atoms with E-state index in [1.54, 1.807) is 0 Å². The predicted octanol–water partition coefficient (Wildman–Crippen LogP) is 5.54. The maximum absolute atomic E-state index is 12.0. The Hall–Kier alpha value is -2.07. The highest BCUT2D eigenvalue weighted by Gasteiger charge is 2.23. The molecule has 0 spiro atoms. The van der Waals surface area contributed by atoms with Gasteiger partial charge in [0, 0.05) is 6.04 Å². The van der Waals surface area contributed by atoms with Gasteiger partial charge in [-0.25, -0.2) is 0 Å². The first-order valence-corrected chi connectivity index (χ1v) is 13.3. The van der Waals surface area contributed by atoms with Gasteiger partial charge in [0.2, 0.25) is 0 Å². The molecule has 0 radical (unpaired) electrons. The predicted molar refractivity (Wildman–Crippen MR) is 115 cm³/mol. The van der Waals surface area contributed by atoms with Gasteiger partial charge in [-0.05, 0) is 49.4 Å². The zero-order valence-electron chi connectivity index (χ0n) is 17.3. The van der Waals surface area contributed by atoms with Gasteiger partial charge in [0.25, 0.3) is 0 Å². The third-order valence-electron chi connectivity index (χ3n) is 5.54. The van der Waals surface area contributed by atoms with Crippen molar-refractivity contribution < 1.29 is 9.90 Å². The summed E-state index contributed by atoms with van der Waals surface area (Å²) >= 11 is 0. The molecule has 0 fully saturated rings. The quantitative estimate of drug-likeness (QED) is 0.563. The molecule has 146 valence electrons. The van der Waals surface area contributed by atoms with Gasteiger partial charge >= 0.3 is 0 Å². The second-order valence-corrected chi connectivity index (χ2v) is 13.7. The minimum Gasteiger partial charge on any atom is -0.530 e. The van der Waals surface area contributed by atoms with E-state index in [-0.39, 0.29) is 12.1 Å². The molecule has 0 N–H and O–H groups in total. The number of amides is 1. The molecule has 2 rings (SSSR count). The van der Waals surface area contributed by atoms with Crippen LogP contribution in [0.2, 0.25) is 19.6 Å². The molecule has 27 heavy (non-hydrogen) atoms. The molecule has 3 nitrogen and oxygen atoms in total. The summed E-state index contributed by atoms with van der Waals surface area (Å²) in [5, 5.41) is 15.5. The molecular formula is C23H32NO2Si-. The van der Waals surface area contributed by atoms with Gasteiger partial charge in [0.15, 0.2) is 0 Å². The van der Waals surface area contributed by atoms with Crippen molar-refractivity contribution in [2.24, 2.45) is 0 Å². The second-order valence-electron chi connectivity index (χ2n) is 8.51. The van der Waals surface area contributed by atoms with Crippen molar-refractivity contribution in [3.63, 3.8) is 0 Å². The second kappa shape index (κ2) is 8.74. The number of carboxylic acid groups (broad SMARTS) is 1. The number of fused-ring (bicyclic) bond motifs is 1.